The molecular weight excluding hydrogens is 430 g/mol. The lowest BCUT2D eigenvalue weighted by molar-refractivity contribution is -0.149. The van der Waals surface area contributed by atoms with Crippen LogP contribution in [0, 0.1) is 12.8 Å². The van der Waals surface area contributed by atoms with Crippen molar-refractivity contribution in [2.24, 2.45) is 5.92 Å². The number of aromatic hydroxyl groups is 1. The summed E-state index contributed by atoms with van der Waals surface area (Å²) in [6.07, 6.45) is 3.01. The lowest BCUT2D eigenvalue weighted by Gasteiger charge is -2.37. The number of hydrogen-bond acceptors (Lipinski definition) is 6. The molecule has 7 nitrogen and oxygen atoms in total. The van der Waals surface area contributed by atoms with Gasteiger partial charge in [-0.2, -0.15) is 0 Å². The molecule has 1 aromatic carbocycles. The van der Waals surface area contributed by atoms with Crippen molar-refractivity contribution < 1.29 is 14.6 Å². The van der Waals surface area contributed by atoms with Crippen LogP contribution in [-0.4, -0.2) is 45.2 Å². The first-order chi connectivity index (χ1) is 16.5. The quantitative estimate of drug-likeness (QED) is 0.541. The van der Waals surface area contributed by atoms with E-state index in [-0.39, 0.29) is 23.2 Å². The predicted molar refractivity (Wildman–Crippen MR) is 130 cm³/mol. The first-order valence-corrected chi connectivity index (χ1v) is 11.8. The second-order valence-corrected chi connectivity index (χ2v) is 8.67. The highest BCUT2D eigenvalue weighted by atomic mass is 16.5. The van der Waals surface area contributed by atoms with E-state index < -0.39 is 6.04 Å². The van der Waals surface area contributed by atoms with Crippen LogP contribution in [0.15, 0.2) is 65.6 Å². The number of likely N-dealkylation sites (tertiary alicyclic amines) is 1. The summed E-state index contributed by atoms with van der Waals surface area (Å²) in [6, 6.07) is 16.6. The number of aryl methyl sites for hydroxylation is 1. The summed E-state index contributed by atoms with van der Waals surface area (Å²) >= 11 is 0. The first-order valence-electron chi connectivity index (χ1n) is 11.8. The third-order valence-electron chi connectivity index (χ3n) is 6.47. The van der Waals surface area contributed by atoms with E-state index >= 15 is 0 Å². The number of piperidine rings is 1. The largest absolute Gasteiger partial charge is 0.507 e. The van der Waals surface area contributed by atoms with Crippen molar-refractivity contribution in [3.8, 4) is 5.75 Å². The molecule has 1 aliphatic heterocycles. The highest BCUT2D eigenvalue weighted by molar-refractivity contribution is 5.72. The fourth-order valence-electron chi connectivity index (χ4n) is 4.72. The average molecular weight is 462 g/mol. The van der Waals surface area contributed by atoms with Crippen LogP contribution in [-0.2, 0) is 16.1 Å². The van der Waals surface area contributed by atoms with Gasteiger partial charge in [0, 0.05) is 11.9 Å². The normalized spacial score (nSPS) is 15.7. The second kappa shape index (κ2) is 10.7. The Morgan fingerprint density at radius 3 is 2.50 bits per heavy atom. The van der Waals surface area contributed by atoms with E-state index in [0.29, 0.717) is 50.3 Å². The average Bonchev–Trinajstić information content (AvgIpc) is 2.86. The van der Waals surface area contributed by atoms with E-state index in [1.54, 1.807) is 16.8 Å². The fraction of sp³-hybridized carbons (Fsp3) is 0.370. The van der Waals surface area contributed by atoms with Crippen molar-refractivity contribution in [1.29, 1.82) is 0 Å². The monoisotopic (exact) mass is 461 g/mol. The summed E-state index contributed by atoms with van der Waals surface area (Å²) in [6.45, 7) is 5.57. The molecule has 3 aromatic rings. The first kappa shape index (κ1) is 23.7. The molecule has 0 bridgehead atoms. The van der Waals surface area contributed by atoms with E-state index in [1.165, 1.54) is 0 Å². The van der Waals surface area contributed by atoms with Crippen molar-refractivity contribution >= 4 is 5.97 Å². The molecule has 0 unspecified atom stereocenters. The number of pyridine rings is 2. The van der Waals surface area contributed by atoms with E-state index in [9.17, 15) is 14.7 Å². The summed E-state index contributed by atoms with van der Waals surface area (Å²) in [5, 5.41) is 11.0. The number of aromatic nitrogens is 2. The summed E-state index contributed by atoms with van der Waals surface area (Å²) < 4.78 is 6.88. The highest BCUT2D eigenvalue weighted by Crippen LogP contribution is 2.35. The van der Waals surface area contributed by atoms with Gasteiger partial charge in [0.25, 0.3) is 5.56 Å². The van der Waals surface area contributed by atoms with Gasteiger partial charge in [-0.1, -0.05) is 36.4 Å². The smallest absolute Gasteiger partial charge is 0.309 e. The zero-order valence-corrected chi connectivity index (χ0v) is 19.7. The zero-order valence-electron chi connectivity index (χ0n) is 19.7. The van der Waals surface area contributed by atoms with Gasteiger partial charge in [0.2, 0.25) is 0 Å². The van der Waals surface area contributed by atoms with Crippen LogP contribution in [0.1, 0.15) is 48.3 Å². The molecule has 178 valence electrons. The maximum atomic E-state index is 13.8. The van der Waals surface area contributed by atoms with Crippen LogP contribution in [0.2, 0.25) is 0 Å². The molecule has 0 saturated carbocycles. The minimum atomic E-state index is -0.424. The van der Waals surface area contributed by atoms with Gasteiger partial charge in [0.05, 0.1) is 36.4 Å². The van der Waals surface area contributed by atoms with Crippen molar-refractivity contribution in [3.05, 3.63) is 93.7 Å². The Bertz CT molecular complexity index is 1170. The highest BCUT2D eigenvalue weighted by Gasteiger charge is 2.34. The van der Waals surface area contributed by atoms with Crippen molar-refractivity contribution in [1.82, 2.24) is 14.5 Å². The van der Waals surface area contributed by atoms with Gasteiger partial charge in [-0.15, -0.1) is 0 Å². The molecule has 0 radical (unpaired) electrons. The second-order valence-electron chi connectivity index (χ2n) is 8.67. The lowest BCUT2D eigenvalue weighted by Crippen LogP contribution is -2.42. The molecule has 1 atom stereocenters. The van der Waals surface area contributed by atoms with E-state index in [4.69, 9.17) is 4.74 Å². The Hall–Kier alpha value is -3.45. The standard InChI is InChI=1S/C27H31N3O4/c1-3-34-27(33)21-12-15-29(16-13-21)25(20-9-5-4-6-10-20)24-23(31)17-19(2)30(26(24)32)18-22-11-7-8-14-28-22/h4-11,14,17,21,25,31H,3,12-13,15-16,18H2,1-2H3/t25-/m1/s1. The van der Waals surface area contributed by atoms with Gasteiger partial charge in [-0.05, 0) is 63.5 Å². The molecule has 4 rings (SSSR count). The fourth-order valence-corrected chi connectivity index (χ4v) is 4.72. The molecule has 0 amide bonds. The number of esters is 1. The molecular formula is C27H31N3O4. The van der Waals surface area contributed by atoms with Gasteiger partial charge in [-0.3, -0.25) is 19.5 Å². The SMILES string of the molecule is CCOC(=O)C1CCN([C@H](c2ccccc2)c2c(O)cc(C)n(Cc3ccccn3)c2=O)CC1. The Labute approximate surface area is 199 Å². The minimum Gasteiger partial charge on any atom is -0.507 e. The molecule has 3 heterocycles. The van der Waals surface area contributed by atoms with Crippen LogP contribution in [0.3, 0.4) is 0 Å². The summed E-state index contributed by atoms with van der Waals surface area (Å²) in [7, 11) is 0. The van der Waals surface area contributed by atoms with Gasteiger partial charge in [0.15, 0.2) is 0 Å². The Balaban J connectivity index is 1.72. The maximum Gasteiger partial charge on any atom is 0.309 e. The van der Waals surface area contributed by atoms with Crippen molar-refractivity contribution in [3.63, 3.8) is 0 Å². The van der Waals surface area contributed by atoms with E-state index in [0.717, 1.165) is 11.3 Å². The number of rotatable bonds is 7. The van der Waals surface area contributed by atoms with Gasteiger partial charge in [0.1, 0.15) is 5.75 Å². The van der Waals surface area contributed by atoms with Crippen molar-refractivity contribution in [2.45, 2.75) is 39.3 Å². The van der Waals surface area contributed by atoms with E-state index in [1.807, 2.05) is 62.4 Å². The number of carbonyl (C=O) groups excluding carboxylic acids is 1. The predicted octanol–water partition coefficient (Wildman–Crippen LogP) is 3.67. The van der Waals surface area contributed by atoms with Gasteiger partial charge in [-0.25, -0.2) is 0 Å². The third-order valence-corrected chi connectivity index (χ3v) is 6.47. The third kappa shape index (κ3) is 5.04. The molecule has 1 fully saturated rings. The van der Waals surface area contributed by atoms with Crippen LogP contribution in [0.5, 0.6) is 5.75 Å². The van der Waals surface area contributed by atoms with E-state index in [2.05, 4.69) is 9.88 Å². The number of hydrogen-bond donors (Lipinski definition) is 1. The molecule has 2 aromatic heterocycles. The summed E-state index contributed by atoms with van der Waals surface area (Å²) in [5.41, 5.74) is 2.49. The molecule has 7 heteroatoms. The van der Waals surface area contributed by atoms with Gasteiger partial charge < -0.3 is 14.4 Å². The van der Waals surface area contributed by atoms with Crippen LogP contribution in [0.4, 0.5) is 0 Å². The number of carbonyl (C=O) groups is 1. The zero-order chi connectivity index (χ0) is 24.1. The Kier molecular flexibility index (Phi) is 7.43. The minimum absolute atomic E-state index is 0.0128. The number of nitrogens with zero attached hydrogens (tertiary/aromatic N) is 3. The molecule has 1 saturated heterocycles. The molecule has 1 N–H and O–H groups in total. The van der Waals surface area contributed by atoms with Gasteiger partial charge >= 0.3 is 5.97 Å². The molecule has 1 aliphatic rings. The molecule has 0 aliphatic carbocycles. The lowest BCUT2D eigenvalue weighted by atomic mass is 9.91. The molecule has 34 heavy (non-hydrogen) atoms. The Morgan fingerprint density at radius 1 is 1.15 bits per heavy atom. The topological polar surface area (TPSA) is 84.7 Å². The van der Waals surface area contributed by atoms with Crippen molar-refractivity contribution in [2.75, 3.05) is 19.7 Å². The number of ether oxygens (including phenoxy) is 1. The summed E-state index contributed by atoms with van der Waals surface area (Å²) in [5.74, 6) is -0.310. The van der Waals surface area contributed by atoms with Crippen LogP contribution >= 0.6 is 0 Å². The maximum absolute atomic E-state index is 13.8. The van der Waals surface area contributed by atoms with Crippen LogP contribution < -0.4 is 5.56 Å². The Morgan fingerprint density at radius 2 is 1.85 bits per heavy atom. The molecule has 0 spiro atoms. The summed E-state index contributed by atoms with van der Waals surface area (Å²) in [4.78, 5) is 32.6. The van der Waals surface area contributed by atoms with Crippen LogP contribution in [0.25, 0.3) is 0 Å². The number of benzene rings is 1.